The molecule has 0 fully saturated rings. The predicted molar refractivity (Wildman–Crippen MR) is 77.3 cm³/mol. The summed E-state index contributed by atoms with van der Waals surface area (Å²) in [7, 11) is 0. The van der Waals surface area contributed by atoms with Gasteiger partial charge in [-0.05, 0) is 42.5 Å². The number of fused-ring (bicyclic) bond motifs is 1. The third kappa shape index (κ3) is 2.89. The van der Waals surface area contributed by atoms with Gasteiger partial charge < -0.3 is 9.47 Å². The van der Waals surface area contributed by atoms with Gasteiger partial charge in [0.2, 0.25) is 0 Å². The molecule has 0 aliphatic carbocycles. The minimum Gasteiger partial charge on any atom is -0.490 e. The predicted octanol–water partition coefficient (Wildman–Crippen LogP) is 3.87. The second-order valence-corrected chi connectivity index (χ2v) is 5.54. The molecule has 0 saturated carbocycles. The van der Waals surface area contributed by atoms with Crippen LogP contribution in [0.4, 0.5) is 0 Å². The monoisotopic (exact) mass is 283 g/mol. The maximum atomic E-state index is 8.79. The lowest BCUT2D eigenvalue weighted by Gasteiger charge is -2.09. The van der Waals surface area contributed by atoms with Crippen molar-refractivity contribution in [3.8, 4) is 17.6 Å². The van der Waals surface area contributed by atoms with E-state index in [1.807, 2.05) is 42.5 Å². The quantitative estimate of drug-likeness (QED) is 0.839. The summed E-state index contributed by atoms with van der Waals surface area (Å²) >= 11 is 1.64. The summed E-state index contributed by atoms with van der Waals surface area (Å²) in [6, 6.07) is 15.6. The van der Waals surface area contributed by atoms with E-state index in [-0.39, 0.29) is 0 Å². The Morgan fingerprint density at radius 3 is 2.35 bits per heavy atom. The third-order valence-corrected chi connectivity index (χ3v) is 3.94. The van der Waals surface area contributed by atoms with Crippen LogP contribution < -0.4 is 9.47 Å². The summed E-state index contributed by atoms with van der Waals surface area (Å²) in [6.45, 7) is 1.40. The maximum Gasteiger partial charge on any atom is 0.162 e. The van der Waals surface area contributed by atoms with Crippen molar-refractivity contribution in [1.82, 2.24) is 0 Å². The Kier molecular flexibility index (Phi) is 3.80. The molecule has 20 heavy (non-hydrogen) atoms. The first-order valence-electron chi connectivity index (χ1n) is 6.43. The van der Waals surface area contributed by atoms with E-state index in [1.165, 1.54) is 0 Å². The first-order chi connectivity index (χ1) is 9.85. The summed E-state index contributed by atoms with van der Waals surface area (Å²) in [5.74, 6) is 1.62. The largest absolute Gasteiger partial charge is 0.490 e. The number of nitriles is 1. The minimum absolute atomic E-state index is 0.674. The lowest BCUT2D eigenvalue weighted by atomic mass is 10.2. The second-order valence-electron chi connectivity index (χ2n) is 4.40. The van der Waals surface area contributed by atoms with Gasteiger partial charge in [-0.25, -0.2) is 0 Å². The number of benzene rings is 2. The zero-order chi connectivity index (χ0) is 13.8. The molecule has 1 aliphatic rings. The summed E-state index contributed by atoms with van der Waals surface area (Å²) in [5, 5.41) is 8.79. The highest BCUT2D eigenvalue weighted by Gasteiger charge is 2.11. The van der Waals surface area contributed by atoms with E-state index in [9.17, 15) is 0 Å². The molecule has 0 spiro atoms. The molecule has 0 saturated heterocycles. The molecule has 3 nitrogen and oxygen atoms in total. The van der Waals surface area contributed by atoms with Gasteiger partial charge in [0.25, 0.3) is 0 Å². The number of rotatable bonds is 2. The van der Waals surface area contributed by atoms with Crippen molar-refractivity contribution in [2.24, 2.45) is 0 Å². The molecule has 0 amide bonds. The standard InChI is InChI=1S/C16H13NO2S/c17-11-12-2-4-13(5-3-12)20-14-6-7-15-16(10-14)19-9-1-8-18-15/h2-7,10H,1,8-9H2. The van der Waals surface area contributed by atoms with E-state index in [0.29, 0.717) is 18.8 Å². The zero-order valence-corrected chi connectivity index (χ0v) is 11.7. The van der Waals surface area contributed by atoms with E-state index in [4.69, 9.17) is 14.7 Å². The smallest absolute Gasteiger partial charge is 0.162 e. The lowest BCUT2D eigenvalue weighted by molar-refractivity contribution is 0.297. The van der Waals surface area contributed by atoms with Crippen LogP contribution in [0.2, 0.25) is 0 Å². The van der Waals surface area contributed by atoms with Crippen LogP contribution in [-0.4, -0.2) is 13.2 Å². The van der Waals surface area contributed by atoms with Gasteiger partial charge >= 0.3 is 0 Å². The van der Waals surface area contributed by atoms with Crippen molar-refractivity contribution in [3.05, 3.63) is 48.0 Å². The van der Waals surface area contributed by atoms with Gasteiger partial charge in [-0.15, -0.1) is 0 Å². The molecule has 0 aromatic heterocycles. The average Bonchev–Trinajstić information content (AvgIpc) is 2.73. The summed E-state index contributed by atoms with van der Waals surface area (Å²) in [5.41, 5.74) is 0.674. The molecule has 0 atom stereocenters. The molecule has 0 unspecified atom stereocenters. The van der Waals surface area contributed by atoms with Gasteiger partial charge in [0.05, 0.1) is 24.8 Å². The normalized spacial score (nSPS) is 13.3. The molecule has 1 aliphatic heterocycles. The van der Waals surface area contributed by atoms with Gasteiger partial charge in [0.15, 0.2) is 11.5 Å². The third-order valence-electron chi connectivity index (χ3n) is 2.94. The summed E-state index contributed by atoms with van der Waals surface area (Å²) in [4.78, 5) is 2.19. The van der Waals surface area contributed by atoms with Gasteiger partial charge in [0, 0.05) is 16.2 Å². The van der Waals surface area contributed by atoms with Crippen LogP contribution in [-0.2, 0) is 0 Å². The fourth-order valence-electron chi connectivity index (χ4n) is 1.94. The highest BCUT2D eigenvalue weighted by molar-refractivity contribution is 7.99. The molecule has 0 N–H and O–H groups in total. The molecule has 100 valence electrons. The van der Waals surface area contributed by atoms with Gasteiger partial charge in [-0.3, -0.25) is 0 Å². The van der Waals surface area contributed by atoms with Crippen LogP contribution in [0.5, 0.6) is 11.5 Å². The molecule has 4 heteroatoms. The Balaban J connectivity index is 1.80. The number of hydrogen-bond acceptors (Lipinski definition) is 4. The number of ether oxygens (including phenoxy) is 2. The van der Waals surface area contributed by atoms with Crippen molar-refractivity contribution in [2.45, 2.75) is 16.2 Å². The number of hydrogen-bond donors (Lipinski definition) is 0. The number of nitrogens with zero attached hydrogens (tertiary/aromatic N) is 1. The van der Waals surface area contributed by atoms with Crippen LogP contribution >= 0.6 is 11.8 Å². The van der Waals surface area contributed by atoms with Crippen LogP contribution in [0.1, 0.15) is 12.0 Å². The van der Waals surface area contributed by atoms with Crippen molar-refractivity contribution in [3.63, 3.8) is 0 Å². The van der Waals surface area contributed by atoms with E-state index in [0.717, 1.165) is 27.7 Å². The molecule has 0 bridgehead atoms. The van der Waals surface area contributed by atoms with Gasteiger partial charge in [-0.1, -0.05) is 11.8 Å². The lowest BCUT2D eigenvalue weighted by Crippen LogP contribution is -1.97. The summed E-state index contributed by atoms with van der Waals surface area (Å²) < 4.78 is 11.3. The van der Waals surface area contributed by atoms with E-state index in [2.05, 4.69) is 6.07 Å². The van der Waals surface area contributed by atoms with Gasteiger partial charge in [-0.2, -0.15) is 5.26 Å². The molecule has 1 heterocycles. The Morgan fingerprint density at radius 2 is 1.60 bits per heavy atom. The average molecular weight is 283 g/mol. The molecule has 3 rings (SSSR count). The van der Waals surface area contributed by atoms with Crippen molar-refractivity contribution in [2.75, 3.05) is 13.2 Å². The van der Waals surface area contributed by atoms with Crippen molar-refractivity contribution < 1.29 is 9.47 Å². The molecular formula is C16H13NO2S. The second kappa shape index (κ2) is 5.89. The topological polar surface area (TPSA) is 42.2 Å². The first-order valence-corrected chi connectivity index (χ1v) is 7.24. The van der Waals surface area contributed by atoms with E-state index in [1.54, 1.807) is 11.8 Å². The Hall–Kier alpha value is -2.12. The van der Waals surface area contributed by atoms with Crippen LogP contribution in [0.3, 0.4) is 0 Å². The highest BCUT2D eigenvalue weighted by Crippen LogP contribution is 2.36. The zero-order valence-electron chi connectivity index (χ0n) is 10.8. The van der Waals surface area contributed by atoms with Gasteiger partial charge in [0.1, 0.15) is 0 Å². The maximum absolute atomic E-state index is 8.79. The SMILES string of the molecule is N#Cc1ccc(Sc2ccc3c(c2)OCCCO3)cc1. The molecule has 0 radical (unpaired) electrons. The van der Waals surface area contributed by atoms with Crippen LogP contribution in [0, 0.1) is 11.3 Å². The minimum atomic E-state index is 0.674. The Labute approximate surface area is 122 Å². The molecule has 2 aromatic carbocycles. The Bertz CT molecular complexity index is 647. The van der Waals surface area contributed by atoms with E-state index < -0.39 is 0 Å². The summed E-state index contributed by atoms with van der Waals surface area (Å²) in [6.07, 6.45) is 0.910. The Morgan fingerprint density at radius 1 is 0.900 bits per heavy atom. The highest BCUT2D eigenvalue weighted by atomic mass is 32.2. The molecular weight excluding hydrogens is 270 g/mol. The van der Waals surface area contributed by atoms with Crippen LogP contribution in [0.25, 0.3) is 0 Å². The first kappa shape index (κ1) is 12.9. The molecule has 2 aromatic rings. The van der Waals surface area contributed by atoms with Crippen LogP contribution in [0.15, 0.2) is 52.3 Å². The van der Waals surface area contributed by atoms with E-state index >= 15 is 0 Å². The van der Waals surface area contributed by atoms with Crippen molar-refractivity contribution in [1.29, 1.82) is 5.26 Å². The van der Waals surface area contributed by atoms with Crippen molar-refractivity contribution >= 4 is 11.8 Å². The fraction of sp³-hybridized carbons (Fsp3) is 0.188. The fourth-order valence-corrected chi connectivity index (χ4v) is 2.79.